The number of unbranched alkanes of at least 4 members (excludes halogenated alkanes) is 26. The van der Waals surface area contributed by atoms with Crippen molar-refractivity contribution in [2.24, 2.45) is 0 Å². The number of rotatable bonds is 53. The lowest BCUT2D eigenvalue weighted by Gasteiger charge is -2.18. The maximum Gasteiger partial charge on any atom is 0.306 e. The summed E-state index contributed by atoms with van der Waals surface area (Å²) >= 11 is 0. The Hall–Kier alpha value is -3.67. The third-order valence-electron chi connectivity index (χ3n) is 12.6. The van der Waals surface area contributed by atoms with Gasteiger partial charge in [-0.25, -0.2) is 0 Å². The van der Waals surface area contributed by atoms with E-state index in [1.54, 1.807) is 0 Å². The SMILES string of the molecule is CC/C=C\C/C=C\C/C=C\C/C=C\C/C=C\C/C=C\CCC(=O)OC[C@H](COC(=O)CCCCCCCCC/C=C\CCCCCC)OC(=O)CCCCCCCCCCC/C=C\CCCCCCCC. The first-order chi connectivity index (χ1) is 35.0. The summed E-state index contributed by atoms with van der Waals surface area (Å²) in [6, 6.07) is 0. The van der Waals surface area contributed by atoms with Gasteiger partial charge < -0.3 is 14.2 Å². The topological polar surface area (TPSA) is 78.9 Å². The maximum atomic E-state index is 12.9. The van der Waals surface area contributed by atoms with Crippen molar-refractivity contribution < 1.29 is 28.6 Å². The van der Waals surface area contributed by atoms with Gasteiger partial charge in [-0.2, -0.15) is 0 Å². The zero-order valence-corrected chi connectivity index (χ0v) is 46.5. The molecule has 0 saturated carbocycles. The van der Waals surface area contributed by atoms with Gasteiger partial charge in [0.2, 0.25) is 0 Å². The highest BCUT2D eigenvalue weighted by Crippen LogP contribution is 2.15. The lowest BCUT2D eigenvalue weighted by molar-refractivity contribution is -0.166. The van der Waals surface area contributed by atoms with E-state index in [9.17, 15) is 14.4 Å². The molecule has 0 aromatic carbocycles. The van der Waals surface area contributed by atoms with Crippen molar-refractivity contribution in [3.63, 3.8) is 0 Å². The summed E-state index contributed by atoms with van der Waals surface area (Å²) in [6.07, 6.45) is 78.4. The fourth-order valence-electron chi connectivity index (χ4n) is 8.11. The van der Waals surface area contributed by atoms with Gasteiger partial charge in [0.1, 0.15) is 13.2 Å². The quantitative estimate of drug-likeness (QED) is 0.0261. The molecule has 0 spiro atoms. The molecule has 0 unspecified atom stereocenters. The fraction of sp³-hybridized carbons (Fsp3) is 0.708. The third kappa shape index (κ3) is 57.1. The summed E-state index contributed by atoms with van der Waals surface area (Å²) in [7, 11) is 0. The van der Waals surface area contributed by atoms with Crippen LogP contribution >= 0.6 is 0 Å². The summed E-state index contributed by atoms with van der Waals surface area (Å²) in [5.74, 6) is -0.992. The average Bonchev–Trinajstić information content (AvgIpc) is 3.37. The molecular weight excluding hydrogens is 877 g/mol. The molecule has 6 nitrogen and oxygen atoms in total. The minimum atomic E-state index is -0.812. The van der Waals surface area contributed by atoms with Gasteiger partial charge in [-0.15, -0.1) is 0 Å². The smallest absolute Gasteiger partial charge is 0.306 e. The number of hydrogen-bond donors (Lipinski definition) is 0. The Balaban J connectivity index is 4.49. The second kappa shape index (κ2) is 58.9. The number of ether oxygens (including phenoxy) is 3. The van der Waals surface area contributed by atoms with E-state index >= 15 is 0 Å². The van der Waals surface area contributed by atoms with Crippen LogP contribution in [0.3, 0.4) is 0 Å². The van der Waals surface area contributed by atoms with Gasteiger partial charge >= 0.3 is 17.9 Å². The molecule has 406 valence electrons. The van der Waals surface area contributed by atoms with Crippen molar-refractivity contribution in [2.75, 3.05) is 13.2 Å². The van der Waals surface area contributed by atoms with Crippen LogP contribution in [0.1, 0.15) is 278 Å². The highest BCUT2D eigenvalue weighted by molar-refractivity contribution is 5.71. The molecule has 0 rings (SSSR count). The van der Waals surface area contributed by atoms with Gasteiger partial charge in [-0.1, -0.05) is 246 Å². The molecule has 0 aliphatic rings. The normalized spacial score (nSPS) is 12.8. The van der Waals surface area contributed by atoms with E-state index in [2.05, 4.69) is 112 Å². The van der Waals surface area contributed by atoms with E-state index in [1.165, 1.54) is 154 Å². The predicted octanol–water partition coefficient (Wildman–Crippen LogP) is 20.1. The molecule has 0 heterocycles. The van der Waals surface area contributed by atoms with E-state index in [1.807, 2.05) is 6.08 Å². The minimum absolute atomic E-state index is 0.104. The third-order valence-corrected chi connectivity index (χ3v) is 12.6. The Labute approximate surface area is 438 Å². The zero-order valence-electron chi connectivity index (χ0n) is 46.5. The van der Waals surface area contributed by atoms with Crippen molar-refractivity contribution in [2.45, 2.75) is 284 Å². The number of hydrogen-bond acceptors (Lipinski definition) is 6. The highest BCUT2D eigenvalue weighted by atomic mass is 16.6. The lowest BCUT2D eigenvalue weighted by atomic mass is 10.1. The van der Waals surface area contributed by atoms with Crippen LogP contribution in [0.2, 0.25) is 0 Å². The Morgan fingerprint density at radius 3 is 0.958 bits per heavy atom. The first-order valence-corrected chi connectivity index (χ1v) is 29.7. The standard InChI is InChI=1S/C65H110O6/c1-4-7-10-13-16-19-22-25-28-30-32-34-37-40-43-46-49-52-55-58-64(67)70-61-62(60-69-63(66)57-54-51-48-45-42-39-36-27-24-21-18-15-12-9-6-3)71-65(68)59-56-53-50-47-44-41-38-35-33-31-29-26-23-20-17-14-11-8-5-2/h7,10,16,19,21,24-26,28-29,32,34,40,43,49,52,62H,4-6,8-9,11-15,17-18,20,22-23,27,30-31,33,35-39,41-42,44-48,50-51,53-61H2,1-3H3/b10-7-,19-16-,24-21-,28-25-,29-26-,34-32-,43-40-,52-49-/t62-/m0/s1. The maximum absolute atomic E-state index is 12.9. The molecule has 1 atom stereocenters. The molecule has 0 saturated heterocycles. The van der Waals surface area contributed by atoms with E-state index in [0.29, 0.717) is 19.3 Å². The first-order valence-electron chi connectivity index (χ1n) is 29.7. The zero-order chi connectivity index (χ0) is 51.4. The van der Waals surface area contributed by atoms with Crippen LogP contribution in [-0.2, 0) is 28.6 Å². The largest absolute Gasteiger partial charge is 0.462 e. The first kappa shape index (κ1) is 67.3. The highest BCUT2D eigenvalue weighted by Gasteiger charge is 2.19. The Morgan fingerprint density at radius 2 is 0.577 bits per heavy atom. The Bertz CT molecular complexity index is 1410. The van der Waals surface area contributed by atoms with E-state index in [-0.39, 0.29) is 37.5 Å². The van der Waals surface area contributed by atoms with Crippen molar-refractivity contribution >= 4 is 17.9 Å². The molecule has 6 heteroatoms. The fourth-order valence-corrected chi connectivity index (χ4v) is 8.11. The summed E-state index contributed by atoms with van der Waals surface area (Å²) in [4.78, 5) is 38.2. The molecule has 0 amide bonds. The van der Waals surface area contributed by atoms with Gasteiger partial charge in [0.15, 0.2) is 6.10 Å². The van der Waals surface area contributed by atoms with Crippen molar-refractivity contribution in [3.8, 4) is 0 Å². The van der Waals surface area contributed by atoms with Crippen molar-refractivity contribution in [1.29, 1.82) is 0 Å². The minimum Gasteiger partial charge on any atom is -0.462 e. The van der Waals surface area contributed by atoms with E-state index < -0.39 is 6.10 Å². The van der Waals surface area contributed by atoms with E-state index in [0.717, 1.165) is 77.0 Å². The van der Waals surface area contributed by atoms with Crippen LogP contribution in [0, 0.1) is 0 Å². The van der Waals surface area contributed by atoms with Crippen LogP contribution in [0.25, 0.3) is 0 Å². The van der Waals surface area contributed by atoms with Gasteiger partial charge in [-0.05, 0) is 109 Å². The second-order valence-electron chi connectivity index (χ2n) is 19.5. The molecule has 0 aromatic rings. The molecule has 0 aliphatic carbocycles. The van der Waals surface area contributed by atoms with Gasteiger partial charge in [0.05, 0.1) is 0 Å². The molecule has 0 bridgehead atoms. The Morgan fingerprint density at radius 1 is 0.296 bits per heavy atom. The van der Waals surface area contributed by atoms with Gasteiger partial charge in [-0.3, -0.25) is 14.4 Å². The summed E-state index contributed by atoms with van der Waals surface area (Å²) in [6.45, 7) is 6.46. The molecule has 0 aliphatic heterocycles. The summed E-state index contributed by atoms with van der Waals surface area (Å²) < 4.78 is 16.8. The average molecular weight is 988 g/mol. The van der Waals surface area contributed by atoms with Crippen molar-refractivity contribution in [3.05, 3.63) is 97.2 Å². The lowest BCUT2D eigenvalue weighted by Crippen LogP contribution is -2.30. The second-order valence-corrected chi connectivity index (χ2v) is 19.5. The van der Waals surface area contributed by atoms with Gasteiger partial charge in [0.25, 0.3) is 0 Å². The molecule has 71 heavy (non-hydrogen) atoms. The van der Waals surface area contributed by atoms with Crippen LogP contribution < -0.4 is 0 Å². The summed E-state index contributed by atoms with van der Waals surface area (Å²) in [5.41, 5.74) is 0. The van der Waals surface area contributed by atoms with Crippen LogP contribution in [0.15, 0.2) is 97.2 Å². The molecule has 0 N–H and O–H groups in total. The number of carbonyl (C=O) groups excluding carboxylic acids is 3. The number of allylic oxidation sites excluding steroid dienone is 16. The monoisotopic (exact) mass is 987 g/mol. The van der Waals surface area contributed by atoms with Gasteiger partial charge in [0, 0.05) is 19.3 Å². The molecule has 0 fully saturated rings. The van der Waals surface area contributed by atoms with E-state index in [4.69, 9.17) is 14.2 Å². The summed E-state index contributed by atoms with van der Waals surface area (Å²) in [5, 5.41) is 0. The molecule has 0 radical (unpaired) electrons. The molecule has 0 aromatic heterocycles. The van der Waals surface area contributed by atoms with Crippen molar-refractivity contribution in [1.82, 2.24) is 0 Å². The predicted molar refractivity (Wildman–Crippen MR) is 307 cm³/mol. The number of carbonyl (C=O) groups is 3. The molecular formula is C65H110O6. The van der Waals surface area contributed by atoms with Crippen LogP contribution in [-0.4, -0.2) is 37.2 Å². The Kier molecular flexibility index (Phi) is 55.9. The van der Waals surface area contributed by atoms with Crippen LogP contribution in [0.4, 0.5) is 0 Å². The number of esters is 3. The van der Waals surface area contributed by atoms with Crippen LogP contribution in [0.5, 0.6) is 0 Å².